The largest absolute Gasteiger partial charge is 0.493 e. The van der Waals surface area contributed by atoms with E-state index in [1.165, 1.54) is 42.8 Å². The van der Waals surface area contributed by atoms with Gasteiger partial charge >= 0.3 is 0 Å². The molecule has 8 heteroatoms. The third-order valence-electron chi connectivity index (χ3n) is 5.17. The molecule has 0 N–H and O–H groups in total. The number of benzene rings is 2. The SMILES string of the molecule is COc1ccc(S(=O)(=O)N2CCN([C@H](C)c3ccc(F)cc3)CC2)cc1OC. The van der Waals surface area contributed by atoms with Gasteiger partial charge in [0.15, 0.2) is 11.5 Å². The van der Waals surface area contributed by atoms with Gasteiger partial charge in [-0.15, -0.1) is 0 Å². The van der Waals surface area contributed by atoms with Crippen molar-refractivity contribution in [2.75, 3.05) is 40.4 Å². The van der Waals surface area contributed by atoms with E-state index in [-0.39, 0.29) is 16.8 Å². The number of ether oxygens (including phenoxy) is 2. The molecule has 0 saturated carbocycles. The van der Waals surface area contributed by atoms with Crippen molar-refractivity contribution in [3.8, 4) is 11.5 Å². The average Bonchev–Trinajstić information content (AvgIpc) is 2.73. The van der Waals surface area contributed by atoms with E-state index in [2.05, 4.69) is 4.90 Å². The van der Waals surface area contributed by atoms with Crippen molar-refractivity contribution in [2.24, 2.45) is 0 Å². The molecule has 1 fully saturated rings. The first kappa shape index (κ1) is 20.6. The lowest BCUT2D eigenvalue weighted by atomic mass is 10.1. The molecule has 0 unspecified atom stereocenters. The lowest BCUT2D eigenvalue weighted by Crippen LogP contribution is -2.49. The van der Waals surface area contributed by atoms with Gasteiger partial charge in [-0.1, -0.05) is 12.1 Å². The quantitative estimate of drug-likeness (QED) is 0.736. The number of methoxy groups -OCH3 is 2. The summed E-state index contributed by atoms with van der Waals surface area (Å²) >= 11 is 0. The van der Waals surface area contributed by atoms with E-state index >= 15 is 0 Å². The van der Waals surface area contributed by atoms with E-state index in [1.807, 2.05) is 6.92 Å². The zero-order valence-corrected chi connectivity index (χ0v) is 17.1. The Bertz CT molecular complexity index is 910. The maximum absolute atomic E-state index is 13.1. The van der Waals surface area contributed by atoms with E-state index < -0.39 is 10.0 Å². The Hall–Kier alpha value is -2.16. The van der Waals surface area contributed by atoms with Gasteiger partial charge < -0.3 is 9.47 Å². The molecule has 0 radical (unpaired) electrons. The maximum atomic E-state index is 13.1. The summed E-state index contributed by atoms with van der Waals surface area (Å²) in [5, 5.41) is 0. The predicted molar refractivity (Wildman–Crippen MR) is 105 cm³/mol. The number of hydrogen-bond acceptors (Lipinski definition) is 5. The minimum atomic E-state index is -3.62. The van der Waals surface area contributed by atoms with Crippen molar-refractivity contribution >= 4 is 10.0 Å². The van der Waals surface area contributed by atoms with Gasteiger partial charge in [-0.05, 0) is 36.8 Å². The first-order valence-corrected chi connectivity index (χ1v) is 10.5. The molecule has 1 saturated heterocycles. The number of hydrogen-bond donors (Lipinski definition) is 0. The van der Waals surface area contributed by atoms with Crippen LogP contribution in [0.15, 0.2) is 47.4 Å². The Labute approximate surface area is 165 Å². The average molecular weight is 408 g/mol. The van der Waals surface area contributed by atoms with Crippen LogP contribution in [-0.4, -0.2) is 58.0 Å². The summed E-state index contributed by atoms with van der Waals surface area (Å²) in [6, 6.07) is 11.1. The first-order valence-electron chi connectivity index (χ1n) is 9.08. The van der Waals surface area contributed by atoms with Crippen LogP contribution in [0.4, 0.5) is 4.39 Å². The van der Waals surface area contributed by atoms with Crippen LogP contribution in [0.5, 0.6) is 11.5 Å². The van der Waals surface area contributed by atoms with Crippen LogP contribution >= 0.6 is 0 Å². The highest BCUT2D eigenvalue weighted by molar-refractivity contribution is 7.89. The van der Waals surface area contributed by atoms with Gasteiger partial charge in [0.25, 0.3) is 0 Å². The third-order valence-corrected chi connectivity index (χ3v) is 7.06. The summed E-state index contributed by atoms with van der Waals surface area (Å²) in [6.45, 7) is 4.03. The Balaban J connectivity index is 1.70. The predicted octanol–water partition coefficient (Wildman–Crippen LogP) is 2.91. The molecular formula is C20H25FN2O4S. The van der Waals surface area contributed by atoms with Crippen molar-refractivity contribution in [1.29, 1.82) is 0 Å². The minimum Gasteiger partial charge on any atom is -0.493 e. The van der Waals surface area contributed by atoms with E-state index in [9.17, 15) is 12.8 Å². The highest BCUT2D eigenvalue weighted by Crippen LogP contribution is 2.31. The Morgan fingerprint density at radius 3 is 2.11 bits per heavy atom. The van der Waals surface area contributed by atoms with Gasteiger partial charge in [-0.25, -0.2) is 12.8 Å². The molecule has 0 amide bonds. The molecular weight excluding hydrogens is 383 g/mol. The summed E-state index contributed by atoms with van der Waals surface area (Å²) in [7, 11) is -0.634. The molecule has 2 aromatic carbocycles. The summed E-state index contributed by atoms with van der Waals surface area (Å²) in [6.07, 6.45) is 0. The van der Waals surface area contributed by atoms with Crippen LogP contribution in [0.25, 0.3) is 0 Å². The van der Waals surface area contributed by atoms with Crippen molar-refractivity contribution in [2.45, 2.75) is 17.9 Å². The molecule has 0 aliphatic carbocycles. The molecule has 152 valence electrons. The second-order valence-corrected chi connectivity index (χ2v) is 8.62. The van der Waals surface area contributed by atoms with Gasteiger partial charge in [0.2, 0.25) is 10.0 Å². The van der Waals surface area contributed by atoms with Gasteiger partial charge in [-0.3, -0.25) is 4.90 Å². The van der Waals surface area contributed by atoms with Crippen LogP contribution in [0, 0.1) is 5.82 Å². The fraction of sp³-hybridized carbons (Fsp3) is 0.400. The summed E-state index contributed by atoms with van der Waals surface area (Å²) in [4.78, 5) is 2.39. The van der Waals surface area contributed by atoms with Crippen LogP contribution < -0.4 is 9.47 Å². The molecule has 1 aliphatic heterocycles. The molecule has 1 heterocycles. The highest BCUT2D eigenvalue weighted by Gasteiger charge is 2.31. The lowest BCUT2D eigenvalue weighted by Gasteiger charge is -2.37. The van der Waals surface area contributed by atoms with Gasteiger partial charge in [0.05, 0.1) is 19.1 Å². The normalized spacial score (nSPS) is 17.3. The van der Waals surface area contributed by atoms with Crippen molar-refractivity contribution in [3.63, 3.8) is 0 Å². The van der Waals surface area contributed by atoms with Crippen LogP contribution in [0.2, 0.25) is 0 Å². The molecule has 2 aromatic rings. The first-order chi connectivity index (χ1) is 13.4. The van der Waals surface area contributed by atoms with Crippen LogP contribution in [0.1, 0.15) is 18.5 Å². The van der Waals surface area contributed by atoms with E-state index in [1.54, 1.807) is 18.2 Å². The van der Waals surface area contributed by atoms with E-state index in [0.717, 1.165) is 5.56 Å². The number of sulfonamides is 1. The standard InChI is InChI=1S/C20H25FN2O4S/c1-15(16-4-6-17(21)7-5-16)22-10-12-23(13-11-22)28(24,25)18-8-9-19(26-2)20(14-18)27-3/h4-9,14-15H,10-13H2,1-3H3/t15-/m1/s1. The molecule has 28 heavy (non-hydrogen) atoms. The highest BCUT2D eigenvalue weighted by atomic mass is 32.2. The summed E-state index contributed by atoms with van der Waals surface area (Å²) in [5.41, 5.74) is 1.01. The molecule has 0 bridgehead atoms. The summed E-state index contributed by atoms with van der Waals surface area (Å²) < 4.78 is 51.0. The minimum absolute atomic E-state index is 0.0894. The zero-order valence-electron chi connectivity index (χ0n) is 16.3. The number of rotatable bonds is 6. The molecule has 0 aromatic heterocycles. The third kappa shape index (κ3) is 4.14. The number of piperazine rings is 1. The Morgan fingerprint density at radius 2 is 1.54 bits per heavy atom. The van der Waals surface area contributed by atoms with Gasteiger partial charge in [-0.2, -0.15) is 4.31 Å². The molecule has 1 atom stereocenters. The summed E-state index contributed by atoms with van der Waals surface area (Å²) in [5.74, 6) is 0.605. The fourth-order valence-electron chi connectivity index (χ4n) is 3.41. The van der Waals surface area contributed by atoms with Crippen molar-refractivity contribution in [3.05, 3.63) is 53.8 Å². The van der Waals surface area contributed by atoms with E-state index in [4.69, 9.17) is 9.47 Å². The second kappa shape index (κ2) is 8.46. The Morgan fingerprint density at radius 1 is 0.929 bits per heavy atom. The molecule has 3 rings (SSSR count). The second-order valence-electron chi connectivity index (χ2n) is 6.68. The van der Waals surface area contributed by atoms with Crippen LogP contribution in [-0.2, 0) is 10.0 Å². The zero-order chi connectivity index (χ0) is 20.3. The Kier molecular flexibility index (Phi) is 6.22. The number of nitrogens with zero attached hydrogens (tertiary/aromatic N) is 2. The molecule has 1 aliphatic rings. The lowest BCUT2D eigenvalue weighted by molar-refractivity contribution is 0.146. The van der Waals surface area contributed by atoms with Gasteiger partial charge in [0.1, 0.15) is 5.82 Å². The number of halogens is 1. The monoisotopic (exact) mass is 408 g/mol. The smallest absolute Gasteiger partial charge is 0.243 e. The van der Waals surface area contributed by atoms with Crippen molar-refractivity contribution < 1.29 is 22.3 Å². The maximum Gasteiger partial charge on any atom is 0.243 e. The fourth-order valence-corrected chi connectivity index (χ4v) is 4.85. The molecule has 6 nitrogen and oxygen atoms in total. The van der Waals surface area contributed by atoms with Crippen molar-refractivity contribution in [1.82, 2.24) is 9.21 Å². The van der Waals surface area contributed by atoms with E-state index in [0.29, 0.717) is 37.7 Å². The van der Waals surface area contributed by atoms with Crippen LogP contribution in [0.3, 0.4) is 0 Å². The molecule has 0 spiro atoms. The topological polar surface area (TPSA) is 59.1 Å². The van der Waals surface area contributed by atoms with Gasteiger partial charge in [0, 0.05) is 38.3 Å².